The fourth-order valence-electron chi connectivity index (χ4n) is 2.07. The van der Waals surface area contributed by atoms with E-state index in [0.717, 1.165) is 6.07 Å². The van der Waals surface area contributed by atoms with Gasteiger partial charge in [-0.2, -0.15) is 0 Å². The molecular weight excluding hydrogens is 289 g/mol. The zero-order valence-electron chi connectivity index (χ0n) is 11.5. The highest BCUT2D eigenvalue weighted by atomic mass is 19.1. The van der Waals surface area contributed by atoms with Crippen molar-refractivity contribution in [3.63, 3.8) is 0 Å². The summed E-state index contributed by atoms with van der Waals surface area (Å²) in [7, 11) is 1.33. The normalized spacial score (nSPS) is 10.7. The second kappa shape index (κ2) is 5.41. The summed E-state index contributed by atoms with van der Waals surface area (Å²) in [6.45, 7) is 0. The number of nitrogens with zero attached hydrogens (tertiary/aromatic N) is 3. The summed E-state index contributed by atoms with van der Waals surface area (Å²) in [4.78, 5) is 10.9. The van der Waals surface area contributed by atoms with Crippen LogP contribution in [-0.4, -0.2) is 33.1 Å². The first kappa shape index (κ1) is 14.0. The van der Waals surface area contributed by atoms with E-state index in [0.29, 0.717) is 21.8 Å². The third-order valence-corrected chi connectivity index (χ3v) is 3.17. The first-order valence-electron chi connectivity index (χ1n) is 6.31. The van der Waals surface area contributed by atoms with Gasteiger partial charge >= 0.3 is 0 Å². The predicted molar refractivity (Wildman–Crippen MR) is 77.9 cm³/mol. The van der Waals surface area contributed by atoms with Gasteiger partial charge in [-0.05, 0) is 18.2 Å². The van der Waals surface area contributed by atoms with E-state index in [4.69, 9.17) is 10.1 Å². The van der Waals surface area contributed by atoms with Gasteiger partial charge in [-0.3, -0.25) is 10.6 Å². The third kappa shape index (κ3) is 2.25. The quantitative estimate of drug-likeness (QED) is 0.392. The SMILES string of the molecule is COc1cc(N(O)C(=N)c2ccnc3nc[nH]c23)ccc1F. The second-order valence-corrected chi connectivity index (χ2v) is 4.44. The van der Waals surface area contributed by atoms with Crippen molar-refractivity contribution in [2.45, 2.75) is 0 Å². The Kier molecular flexibility index (Phi) is 3.43. The van der Waals surface area contributed by atoms with Crippen LogP contribution >= 0.6 is 0 Å². The number of aromatic amines is 1. The topological polar surface area (TPSA) is 98.1 Å². The number of hydrogen-bond donors (Lipinski definition) is 3. The standard InChI is InChI=1S/C14H12FN5O2/c1-22-11-6-8(2-3-10(11)15)20(21)13(16)9-4-5-17-14-12(9)18-7-19-14/h2-7,16,21H,1H3,(H,17,18,19). The van der Waals surface area contributed by atoms with E-state index in [9.17, 15) is 9.60 Å². The third-order valence-electron chi connectivity index (χ3n) is 3.17. The summed E-state index contributed by atoms with van der Waals surface area (Å²) in [6.07, 6.45) is 2.95. The van der Waals surface area contributed by atoms with E-state index in [1.54, 1.807) is 6.07 Å². The Morgan fingerprint density at radius 3 is 2.95 bits per heavy atom. The van der Waals surface area contributed by atoms with Crippen LogP contribution in [0, 0.1) is 11.2 Å². The van der Waals surface area contributed by atoms with E-state index < -0.39 is 5.82 Å². The molecule has 0 aliphatic rings. The number of amidine groups is 1. The van der Waals surface area contributed by atoms with Gasteiger partial charge in [-0.1, -0.05) is 0 Å². The molecule has 0 saturated heterocycles. The van der Waals surface area contributed by atoms with Crippen LogP contribution in [0.25, 0.3) is 11.2 Å². The van der Waals surface area contributed by atoms with Gasteiger partial charge in [0.25, 0.3) is 0 Å². The van der Waals surface area contributed by atoms with Gasteiger partial charge in [0.05, 0.1) is 24.6 Å². The van der Waals surface area contributed by atoms with Crippen molar-refractivity contribution in [3.05, 3.63) is 48.2 Å². The minimum Gasteiger partial charge on any atom is -0.494 e. The molecule has 0 unspecified atom stereocenters. The molecule has 8 heteroatoms. The van der Waals surface area contributed by atoms with Gasteiger partial charge in [-0.25, -0.2) is 19.4 Å². The molecule has 112 valence electrons. The number of fused-ring (bicyclic) bond motifs is 1. The summed E-state index contributed by atoms with van der Waals surface area (Å²) in [5.41, 5.74) is 1.58. The summed E-state index contributed by atoms with van der Waals surface area (Å²) in [5.74, 6) is -0.776. The van der Waals surface area contributed by atoms with Crippen LogP contribution < -0.4 is 9.80 Å². The molecule has 0 saturated carbocycles. The molecule has 0 aliphatic heterocycles. The zero-order chi connectivity index (χ0) is 15.7. The van der Waals surface area contributed by atoms with E-state index in [1.165, 1.54) is 31.8 Å². The van der Waals surface area contributed by atoms with Crippen molar-refractivity contribution in [1.29, 1.82) is 5.41 Å². The highest BCUT2D eigenvalue weighted by Crippen LogP contribution is 2.25. The minimum atomic E-state index is -0.550. The average molecular weight is 301 g/mol. The number of hydroxylamine groups is 1. The second-order valence-electron chi connectivity index (χ2n) is 4.44. The lowest BCUT2D eigenvalue weighted by atomic mass is 10.2. The molecule has 22 heavy (non-hydrogen) atoms. The van der Waals surface area contributed by atoms with Gasteiger partial charge in [0.15, 0.2) is 23.0 Å². The molecule has 0 bridgehead atoms. The zero-order valence-corrected chi connectivity index (χ0v) is 11.5. The number of hydrogen-bond acceptors (Lipinski definition) is 5. The Labute approximate surface area is 124 Å². The van der Waals surface area contributed by atoms with Crippen LogP contribution in [0.4, 0.5) is 10.1 Å². The number of aromatic nitrogens is 3. The predicted octanol–water partition coefficient (Wildman–Crippen LogP) is 2.33. The largest absolute Gasteiger partial charge is 0.494 e. The maximum absolute atomic E-state index is 13.4. The molecular formula is C14H12FN5O2. The van der Waals surface area contributed by atoms with Crippen LogP contribution in [0.3, 0.4) is 0 Å². The lowest BCUT2D eigenvalue weighted by Gasteiger charge is -2.18. The molecule has 1 aromatic carbocycles. The number of H-pyrrole nitrogens is 1. The molecule has 0 fully saturated rings. The molecule has 3 N–H and O–H groups in total. The van der Waals surface area contributed by atoms with Crippen molar-refractivity contribution < 1.29 is 14.3 Å². The molecule has 0 atom stereocenters. The number of halogens is 1. The molecule has 3 rings (SSSR count). The van der Waals surface area contributed by atoms with Crippen molar-refractivity contribution in [2.75, 3.05) is 12.2 Å². The van der Waals surface area contributed by atoms with E-state index in [-0.39, 0.29) is 17.3 Å². The fourth-order valence-corrected chi connectivity index (χ4v) is 2.07. The van der Waals surface area contributed by atoms with E-state index in [1.807, 2.05) is 0 Å². The number of methoxy groups -OCH3 is 1. The molecule has 0 spiro atoms. The van der Waals surface area contributed by atoms with E-state index >= 15 is 0 Å². The number of benzene rings is 1. The van der Waals surface area contributed by atoms with Crippen molar-refractivity contribution in [2.24, 2.45) is 0 Å². The van der Waals surface area contributed by atoms with Crippen LogP contribution in [0.2, 0.25) is 0 Å². The molecule has 2 aromatic heterocycles. The summed E-state index contributed by atoms with van der Waals surface area (Å²) in [5, 5.41) is 19.0. The summed E-state index contributed by atoms with van der Waals surface area (Å²) >= 11 is 0. The van der Waals surface area contributed by atoms with Crippen LogP contribution in [-0.2, 0) is 0 Å². The average Bonchev–Trinajstić information content (AvgIpc) is 3.02. The summed E-state index contributed by atoms with van der Waals surface area (Å²) in [6, 6.07) is 5.38. The van der Waals surface area contributed by atoms with E-state index in [2.05, 4.69) is 15.0 Å². The molecule has 2 heterocycles. The van der Waals surface area contributed by atoms with Gasteiger partial charge in [-0.15, -0.1) is 0 Å². The maximum Gasteiger partial charge on any atom is 0.178 e. The Bertz CT molecular complexity index is 848. The van der Waals surface area contributed by atoms with Gasteiger partial charge in [0.1, 0.15) is 0 Å². The highest BCUT2D eigenvalue weighted by molar-refractivity contribution is 6.12. The maximum atomic E-state index is 13.4. The first-order valence-corrected chi connectivity index (χ1v) is 6.31. The molecule has 0 aliphatic carbocycles. The van der Waals surface area contributed by atoms with Crippen LogP contribution in [0.5, 0.6) is 5.75 Å². The molecule has 0 radical (unpaired) electrons. The van der Waals surface area contributed by atoms with Crippen LogP contribution in [0.1, 0.15) is 5.56 Å². The molecule has 0 amide bonds. The Morgan fingerprint density at radius 1 is 1.36 bits per heavy atom. The molecule has 3 aromatic rings. The number of anilines is 1. The number of imidazole rings is 1. The smallest absolute Gasteiger partial charge is 0.178 e. The van der Waals surface area contributed by atoms with Crippen molar-refractivity contribution in [3.8, 4) is 5.75 Å². The van der Waals surface area contributed by atoms with Gasteiger partial charge in [0, 0.05) is 17.8 Å². The van der Waals surface area contributed by atoms with Crippen LogP contribution in [0.15, 0.2) is 36.8 Å². The summed E-state index contributed by atoms with van der Waals surface area (Å²) < 4.78 is 18.3. The number of rotatable bonds is 3. The van der Waals surface area contributed by atoms with Crippen molar-refractivity contribution in [1.82, 2.24) is 15.0 Å². The number of pyridine rings is 1. The fraction of sp³-hybridized carbons (Fsp3) is 0.0714. The van der Waals surface area contributed by atoms with Crippen molar-refractivity contribution >= 4 is 22.7 Å². The van der Waals surface area contributed by atoms with Gasteiger partial charge in [0.2, 0.25) is 0 Å². The lowest BCUT2D eigenvalue weighted by Crippen LogP contribution is -2.27. The Balaban J connectivity index is 2.00. The minimum absolute atomic E-state index is 0.0224. The number of ether oxygens (including phenoxy) is 1. The Hall–Kier alpha value is -3.00. The first-order chi connectivity index (χ1) is 10.6. The molecule has 7 nitrogen and oxygen atoms in total. The van der Waals surface area contributed by atoms with Gasteiger partial charge < -0.3 is 9.72 Å². The highest BCUT2D eigenvalue weighted by Gasteiger charge is 2.17. The Morgan fingerprint density at radius 2 is 2.18 bits per heavy atom. The lowest BCUT2D eigenvalue weighted by molar-refractivity contribution is 0.310. The number of nitrogens with one attached hydrogen (secondary N) is 2. The monoisotopic (exact) mass is 301 g/mol.